The highest BCUT2D eigenvalue weighted by atomic mass is 32.2. The van der Waals surface area contributed by atoms with Crippen LogP contribution >= 0.6 is 0 Å². The zero-order chi connectivity index (χ0) is 14.6. The van der Waals surface area contributed by atoms with Gasteiger partial charge in [0.25, 0.3) is 10.2 Å². The van der Waals surface area contributed by atoms with E-state index in [0.29, 0.717) is 13.1 Å². The van der Waals surface area contributed by atoms with Crippen LogP contribution < -0.4 is 0 Å². The van der Waals surface area contributed by atoms with Crippen molar-refractivity contribution >= 4 is 10.2 Å². The van der Waals surface area contributed by atoms with Crippen LogP contribution in [-0.2, 0) is 10.2 Å². The minimum Gasteiger partial charge on any atom is -0.395 e. The molecule has 2 atom stereocenters. The van der Waals surface area contributed by atoms with Gasteiger partial charge in [-0.15, -0.1) is 0 Å². The van der Waals surface area contributed by atoms with Crippen LogP contribution in [0.4, 0.5) is 0 Å². The highest BCUT2D eigenvalue weighted by Crippen LogP contribution is 2.28. The minimum absolute atomic E-state index is 0.0656. The van der Waals surface area contributed by atoms with Gasteiger partial charge in [-0.05, 0) is 32.1 Å². The predicted molar refractivity (Wildman–Crippen MR) is 79.6 cm³/mol. The average Bonchev–Trinajstić information content (AvgIpc) is 2.72. The number of hydrogen-bond donors (Lipinski definition) is 1. The molecule has 2 rings (SSSR count). The van der Waals surface area contributed by atoms with E-state index in [1.165, 1.54) is 0 Å². The van der Waals surface area contributed by atoms with Crippen LogP contribution in [0.15, 0.2) is 0 Å². The van der Waals surface area contributed by atoms with Crippen LogP contribution in [0, 0.1) is 0 Å². The van der Waals surface area contributed by atoms with Crippen molar-refractivity contribution in [2.24, 2.45) is 0 Å². The van der Waals surface area contributed by atoms with E-state index in [1.54, 1.807) is 8.61 Å². The summed E-state index contributed by atoms with van der Waals surface area (Å²) in [6.45, 7) is 3.19. The van der Waals surface area contributed by atoms with Crippen molar-refractivity contribution in [1.29, 1.82) is 0 Å². The van der Waals surface area contributed by atoms with E-state index in [1.807, 2.05) is 0 Å². The van der Waals surface area contributed by atoms with Crippen molar-refractivity contribution in [2.45, 2.75) is 70.4 Å². The first kappa shape index (κ1) is 16.2. The molecule has 2 aliphatic rings. The third-order valence-corrected chi connectivity index (χ3v) is 6.82. The average molecular weight is 304 g/mol. The molecule has 0 saturated carbocycles. The Kier molecular flexibility index (Phi) is 5.84. The van der Waals surface area contributed by atoms with E-state index in [-0.39, 0.29) is 18.7 Å². The molecule has 2 saturated heterocycles. The lowest BCUT2D eigenvalue weighted by Crippen LogP contribution is -2.54. The third kappa shape index (κ3) is 3.35. The maximum atomic E-state index is 13.0. The standard InChI is InChI=1S/C14H28N2O3S/c1-2-13-8-4-3-6-10-15(13)20(18,19)16-11-7-5-9-14(16)12-17/h13-14,17H,2-12H2,1H3. The molecule has 6 heteroatoms. The second kappa shape index (κ2) is 7.20. The number of rotatable bonds is 4. The first-order chi connectivity index (χ1) is 9.61. The maximum Gasteiger partial charge on any atom is 0.282 e. The lowest BCUT2D eigenvalue weighted by Gasteiger charge is -2.39. The predicted octanol–water partition coefficient (Wildman–Crippen LogP) is 1.73. The van der Waals surface area contributed by atoms with Gasteiger partial charge >= 0.3 is 0 Å². The summed E-state index contributed by atoms with van der Waals surface area (Å²) >= 11 is 0. The molecular formula is C14H28N2O3S. The van der Waals surface area contributed by atoms with E-state index in [2.05, 4.69) is 6.92 Å². The quantitative estimate of drug-likeness (QED) is 0.860. The van der Waals surface area contributed by atoms with E-state index in [9.17, 15) is 13.5 Å². The normalized spacial score (nSPS) is 31.1. The summed E-state index contributed by atoms with van der Waals surface area (Å²) in [6, 6.07) is -0.0988. The van der Waals surface area contributed by atoms with Gasteiger partial charge in [-0.3, -0.25) is 0 Å². The fourth-order valence-electron chi connectivity index (χ4n) is 3.46. The van der Waals surface area contributed by atoms with Crippen LogP contribution in [-0.4, -0.2) is 53.9 Å². The largest absolute Gasteiger partial charge is 0.395 e. The van der Waals surface area contributed by atoms with Gasteiger partial charge in [-0.2, -0.15) is 17.0 Å². The Hall–Kier alpha value is -0.170. The summed E-state index contributed by atoms with van der Waals surface area (Å²) in [6.07, 6.45) is 7.71. The molecule has 0 bridgehead atoms. The first-order valence-electron chi connectivity index (χ1n) is 8.00. The second-order valence-corrected chi connectivity index (χ2v) is 7.81. The highest BCUT2D eigenvalue weighted by Gasteiger charge is 2.39. The van der Waals surface area contributed by atoms with Crippen molar-refractivity contribution < 1.29 is 13.5 Å². The molecule has 5 nitrogen and oxygen atoms in total. The van der Waals surface area contributed by atoms with E-state index < -0.39 is 10.2 Å². The molecule has 0 radical (unpaired) electrons. The molecule has 0 aliphatic carbocycles. The molecule has 0 aromatic rings. The molecule has 0 aromatic carbocycles. The lowest BCUT2D eigenvalue weighted by atomic mass is 10.1. The number of aliphatic hydroxyl groups excluding tert-OH is 1. The van der Waals surface area contributed by atoms with Crippen molar-refractivity contribution in [2.75, 3.05) is 19.7 Å². The minimum atomic E-state index is -3.42. The number of piperidine rings is 1. The fourth-order valence-corrected chi connectivity index (χ4v) is 5.63. The van der Waals surface area contributed by atoms with Crippen molar-refractivity contribution in [3.05, 3.63) is 0 Å². The van der Waals surface area contributed by atoms with Gasteiger partial charge in [0.2, 0.25) is 0 Å². The number of hydrogen-bond acceptors (Lipinski definition) is 3. The van der Waals surface area contributed by atoms with E-state index in [4.69, 9.17) is 0 Å². The molecule has 118 valence electrons. The smallest absolute Gasteiger partial charge is 0.282 e. The first-order valence-corrected chi connectivity index (χ1v) is 9.40. The molecule has 0 spiro atoms. The summed E-state index contributed by atoms with van der Waals surface area (Å²) in [5.74, 6) is 0. The summed E-state index contributed by atoms with van der Waals surface area (Å²) in [7, 11) is -3.42. The van der Waals surface area contributed by atoms with Crippen LogP contribution in [0.5, 0.6) is 0 Å². The molecule has 2 heterocycles. The molecule has 2 aliphatic heterocycles. The monoisotopic (exact) mass is 304 g/mol. The molecule has 2 unspecified atom stereocenters. The van der Waals surface area contributed by atoms with Crippen LogP contribution in [0.1, 0.15) is 58.3 Å². The van der Waals surface area contributed by atoms with E-state index in [0.717, 1.165) is 51.4 Å². The Morgan fingerprint density at radius 1 is 0.950 bits per heavy atom. The Labute approximate surface area is 123 Å². The molecule has 0 amide bonds. The van der Waals surface area contributed by atoms with Gasteiger partial charge in [-0.1, -0.05) is 26.2 Å². The summed E-state index contributed by atoms with van der Waals surface area (Å²) < 4.78 is 29.2. The van der Waals surface area contributed by atoms with Gasteiger partial charge in [-0.25, -0.2) is 0 Å². The fraction of sp³-hybridized carbons (Fsp3) is 1.00. The Morgan fingerprint density at radius 2 is 1.50 bits per heavy atom. The van der Waals surface area contributed by atoms with Crippen LogP contribution in [0.25, 0.3) is 0 Å². The van der Waals surface area contributed by atoms with Gasteiger partial charge in [0.05, 0.1) is 6.61 Å². The van der Waals surface area contributed by atoms with Gasteiger partial charge in [0.15, 0.2) is 0 Å². The third-order valence-electron chi connectivity index (χ3n) is 4.67. The zero-order valence-electron chi connectivity index (χ0n) is 12.5. The number of aliphatic hydroxyl groups is 1. The molecule has 20 heavy (non-hydrogen) atoms. The van der Waals surface area contributed by atoms with Crippen LogP contribution in [0.2, 0.25) is 0 Å². The highest BCUT2D eigenvalue weighted by molar-refractivity contribution is 7.86. The Bertz CT molecular complexity index is 399. The van der Waals surface area contributed by atoms with Crippen molar-refractivity contribution in [3.63, 3.8) is 0 Å². The maximum absolute atomic E-state index is 13.0. The summed E-state index contributed by atoms with van der Waals surface area (Å²) in [4.78, 5) is 0. The van der Waals surface area contributed by atoms with Gasteiger partial charge in [0.1, 0.15) is 0 Å². The molecular weight excluding hydrogens is 276 g/mol. The van der Waals surface area contributed by atoms with E-state index >= 15 is 0 Å². The zero-order valence-corrected chi connectivity index (χ0v) is 13.3. The molecule has 0 aromatic heterocycles. The molecule has 2 fully saturated rings. The second-order valence-electron chi connectivity index (χ2n) is 5.97. The van der Waals surface area contributed by atoms with Gasteiger partial charge < -0.3 is 5.11 Å². The Balaban J connectivity index is 2.21. The number of nitrogens with zero attached hydrogens (tertiary/aromatic N) is 2. The van der Waals surface area contributed by atoms with Crippen molar-refractivity contribution in [3.8, 4) is 0 Å². The summed E-state index contributed by atoms with van der Waals surface area (Å²) in [5.41, 5.74) is 0. The Morgan fingerprint density at radius 3 is 2.15 bits per heavy atom. The SMILES string of the molecule is CCC1CCCCCN1S(=O)(=O)N1CCCCC1CO. The topological polar surface area (TPSA) is 60.9 Å². The lowest BCUT2D eigenvalue weighted by molar-refractivity contribution is 0.144. The van der Waals surface area contributed by atoms with Gasteiger partial charge in [0, 0.05) is 25.2 Å². The van der Waals surface area contributed by atoms with Crippen LogP contribution in [0.3, 0.4) is 0 Å². The summed E-state index contributed by atoms with van der Waals surface area (Å²) in [5, 5.41) is 9.48. The molecule has 1 N–H and O–H groups in total. The van der Waals surface area contributed by atoms with Crippen molar-refractivity contribution in [1.82, 2.24) is 8.61 Å².